The number of benzene rings is 1. The van der Waals surface area contributed by atoms with E-state index in [1.807, 2.05) is 4.57 Å². The predicted molar refractivity (Wildman–Crippen MR) is 86.0 cm³/mol. The molecule has 0 atom stereocenters. The molecule has 1 aromatic heterocycles. The van der Waals surface area contributed by atoms with Crippen LogP contribution in [-0.4, -0.2) is 23.9 Å². The van der Waals surface area contributed by atoms with Crippen LogP contribution >= 0.6 is 23.1 Å². The molecule has 0 aliphatic carbocycles. The van der Waals surface area contributed by atoms with Crippen LogP contribution in [-0.2, 0) is 6.54 Å². The van der Waals surface area contributed by atoms with Gasteiger partial charge in [-0.05, 0) is 41.3 Å². The summed E-state index contributed by atoms with van der Waals surface area (Å²) in [5, 5.41) is 0. The fraction of sp³-hybridized carbons (Fsp3) is 0.0667. The summed E-state index contributed by atoms with van der Waals surface area (Å²) in [7, 11) is 0. The molecule has 3 heterocycles. The highest BCUT2D eigenvalue weighted by molar-refractivity contribution is 7.10. The number of nitrogens with zero attached hydrogens (tertiary/aromatic N) is 5. The molecule has 9 heteroatoms. The molecule has 2 aromatic rings. The summed E-state index contributed by atoms with van der Waals surface area (Å²) >= 11 is 6.89. The minimum absolute atomic E-state index is 0.0331. The molecule has 1 aromatic carbocycles. The minimum Gasteiger partial charge on any atom is -0.344 e. The maximum absolute atomic E-state index is 13.9. The third-order valence-electron chi connectivity index (χ3n) is 3.39. The number of imidazole rings is 1. The van der Waals surface area contributed by atoms with Crippen LogP contribution in [0.1, 0.15) is 5.82 Å². The second-order valence-electron chi connectivity index (χ2n) is 5.00. The predicted octanol–water partition coefficient (Wildman–Crippen LogP) is 3.88. The van der Waals surface area contributed by atoms with Gasteiger partial charge in [0.15, 0.2) is 23.3 Å². The minimum atomic E-state index is -0.956. The van der Waals surface area contributed by atoms with Crippen LogP contribution in [0.5, 0.6) is 0 Å². The van der Waals surface area contributed by atoms with Crippen molar-refractivity contribution in [2.24, 2.45) is 0 Å². The summed E-state index contributed by atoms with van der Waals surface area (Å²) in [5.41, 5.74) is 1.19. The average molecular weight is 364 g/mol. The molecule has 0 saturated heterocycles. The Hall–Kier alpha value is -2.45. The number of fused-ring (bicyclic) bond motifs is 1. The summed E-state index contributed by atoms with van der Waals surface area (Å²) in [6.45, 7) is 0.426. The molecule has 2 aliphatic heterocycles. The molecule has 0 spiro atoms. The molecular weight excluding hydrogens is 356 g/mol. The van der Waals surface area contributed by atoms with Crippen molar-refractivity contribution in [1.29, 1.82) is 0 Å². The first-order valence-electron chi connectivity index (χ1n) is 6.86. The summed E-state index contributed by atoms with van der Waals surface area (Å²) in [4.78, 5) is 12.6. The van der Waals surface area contributed by atoms with Gasteiger partial charge in [-0.25, -0.2) is 23.7 Å². The van der Waals surface area contributed by atoms with E-state index in [1.165, 1.54) is 12.1 Å². The van der Waals surface area contributed by atoms with Crippen LogP contribution in [0.25, 0.3) is 22.8 Å². The number of pyridine rings is 1. The van der Waals surface area contributed by atoms with Gasteiger partial charge in [-0.1, -0.05) is 6.07 Å². The van der Waals surface area contributed by atoms with E-state index in [-0.39, 0.29) is 11.4 Å². The van der Waals surface area contributed by atoms with Gasteiger partial charge in [0.1, 0.15) is 5.69 Å². The first-order valence-corrected chi connectivity index (χ1v) is 8.01. The van der Waals surface area contributed by atoms with Gasteiger partial charge in [0.2, 0.25) is 4.47 Å². The van der Waals surface area contributed by atoms with E-state index < -0.39 is 11.6 Å². The first kappa shape index (κ1) is 15.1. The smallest absolute Gasteiger partial charge is 0.203 e. The lowest BCUT2D eigenvalue weighted by Crippen LogP contribution is -2.02. The van der Waals surface area contributed by atoms with E-state index in [9.17, 15) is 8.78 Å². The highest BCUT2D eigenvalue weighted by Gasteiger charge is 2.17. The number of hydrogen-bond acceptors (Lipinski definition) is 5. The Morgan fingerprint density at radius 2 is 1.92 bits per heavy atom. The van der Waals surface area contributed by atoms with Gasteiger partial charge in [0.05, 0.1) is 17.8 Å². The van der Waals surface area contributed by atoms with Crippen LogP contribution in [0.3, 0.4) is 0 Å². The van der Waals surface area contributed by atoms with Crippen LogP contribution < -0.4 is 0 Å². The molecule has 0 amide bonds. The largest absolute Gasteiger partial charge is 0.344 e. The second kappa shape index (κ2) is 5.88. The van der Waals surface area contributed by atoms with E-state index in [4.69, 9.17) is 11.6 Å². The molecule has 2 aliphatic rings. The lowest BCUT2D eigenvalue weighted by atomic mass is 10.2. The molecule has 120 valence electrons. The van der Waals surface area contributed by atoms with Gasteiger partial charge in [-0.2, -0.15) is 4.37 Å². The quantitative estimate of drug-likeness (QED) is 0.554. The molecule has 0 radical (unpaired) electrons. The maximum atomic E-state index is 13.9. The summed E-state index contributed by atoms with van der Waals surface area (Å²) in [6.07, 6.45) is 3.54. The Morgan fingerprint density at radius 1 is 1.08 bits per heavy atom. The van der Waals surface area contributed by atoms with Crippen molar-refractivity contribution in [3.8, 4) is 22.8 Å². The molecule has 24 heavy (non-hydrogen) atoms. The van der Waals surface area contributed by atoms with Crippen LogP contribution in [0.15, 0.2) is 36.7 Å². The normalized spacial score (nSPS) is 11.3. The van der Waals surface area contributed by atoms with Crippen LogP contribution in [0.2, 0.25) is 4.47 Å². The molecular formula is C15H8ClF2N5S. The van der Waals surface area contributed by atoms with Crippen molar-refractivity contribution in [1.82, 2.24) is 23.9 Å². The first-order chi connectivity index (χ1) is 11.6. The Morgan fingerprint density at radius 3 is 2.71 bits per heavy atom. The van der Waals surface area contributed by atoms with Gasteiger partial charge < -0.3 is 4.57 Å². The van der Waals surface area contributed by atoms with Crippen LogP contribution in [0, 0.1) is 11.6 Å². The topological polar surface area (TPSA) is 56.5 Å². The lowest BCUT2D eigenvalue weighted by Gasteiger charge is -2.04. The van der Waals surface area contributed by atoms with Gasteiger partial charge in [0.25, 0.3) is 0 Å². The van der Waals surface area contributed by atoms with E-state index >= 15 is 0 Å². The van der Waals surface area contributed by atoms with Crippen molar-refractivity contribution in [3.05, 3.63) is 58.6 Å². The molecule has 0 saturated carbocycles. The highest BCUT2D eigenvalue weighted by atomic mass is 35.5. The standard InChI is InChI=1S/C15H8ClF2N5S/c16-15-21-12(22-24-15)7-23-5-4-10-11(6-23)20-14(19-10)8-2-1-3-9(17)13(8)18/h1-6H,7H2. The molecule has 5 nitrogen and oxygen atoms in total. The van der Waals surface area contributed by atoms with Gasteiger partial charge in [0, 0.05) is 12.4 Å². The maximum Gasteiger partial charge on any atom is 0.203 e. The highest BCUT2D eigenvalue weighted by Crippen LogP contribution is 2.27. The molecule has 0 bridgehead atoms. The second-order valence-corrected chi connectivity index (χ2v) is 6.33. The number of rotatable bonds is 3. The third-order valence-corrected chi connectivity index (χ3v) is 4.22. The average Bonchev–Trinajstić information content (AvgIpc) is 3.15. The Labute approximate surface area is 144 Å². The summed E-state index contributed by atoms with van der Waals surface area (Å²) in [5.74, 6) is -1.15. The summed E-state index contributed by atoms with van der Waals surface area (Å²) < 4.78 is 33.6. The SMILES string of the molecule is Fc1cccc(-c2nc3ccn(Cc4nsc(Cl)n4)cc-3n2)c1F. The fourth-order valence-corrected chi connectivity index (χ4v) is 2.93. The van der Waals surface area contributed by atoms with E-state index in [0.717, 1.165) is 17.6 Å². The van der Waals surface area contributed by atoms with Crippen molar-refractivity contribution >= 4 is 23.1 Å². The summed E-state index contributed by atoms with van der Waals surface area (Å²) in [6, 6.07) is 5.67. The van der Waals surface area contributed by atoms with E-state index in [0.29, 0.717) is 28.2 Å². The zero-order chi connectivity index (χ0) is 16.7. The Bertz CT molecular complexity index is 999. The van der Waals surface area contributed by atoms with Crippen molar-refractivity contribution < 1.29 is 8.78 Å². The van der Waals surface area contributed by atoms with Gasteiger partial charge in [-0.15, -0.1) is 0 Å². The molecule has 0 unspecified atom stereocenters. The van der Waals surface area contributed by atoms with E-state index in [2.05, 4.69) is 19.3 Å². The molecule has 0 fully saturated rings. The van der Waals surface area contributed by atoms with E-state index in [1.54, 1.807) is 18.5 Å². The number of halogens is 3. The molecule has 4 rings (SSSR count). The van der Waals surface area contributed by atoms with Crippen molar-refractivity contribution in [2.75, 3.05) is 0 Å². The number of aromatic nitrogens is 5. The lowest BCUT2D eigenvalue weighted by molar-refractivity contribution is 0.510. The zero-order valence-electron chi connectivity index (χ0n) is 11.9. The molecule has 0 N–H and O–H groups in total. The van der Waals surface area contributed by atoms with Gasteiger partial charge >= 0.3 is 0 Å². The van der Waals surface area contributed by atoms with Crippen molar-refractivity contribution in [2.45, 2.75) is 6.54 Å². The van der Waals surface area contributed by atoms with Gasteiger partial charge in [-0.3, -0.25) is 0 Å². The monoisotopic (exact) mass is 363 g/mol. The third kappa shape index (κ3) is 2.74. The Balaban J connectivity index is 1.71. The fourth-order valence-electron chi connectivity index (χ4n) is 2.31. The number of hydrogen-bond donors (Lipinski definition) is 0. The van der Waals surface area contributed by atoms with Crippen LogP contribution in [0.4, 0.5) is 8.78 Å². The Kier molecular flexibility index (Phi) is 3.70. The van der Waals surface area contributed by atoms with Crippen molar-refractivity contribution in [3.63, 3.8) is 0 Å². The zero-order valence-corrected chi connectivity index (χ0v) is 13.5.